The van der Waals surface area contributed by atoms with Gasteiger partial charge in [-0.3, -0.25) is 4.79 Å². The molecular weight excluding hydrogens is 245 g/mol. The lowest BCUT2D eigenvalue weighted by atomic mass is 9.85. The Morgan fingerprint density at radius 1 is 1.32 bits per heavy atom. The van der Waals surface area contributed by atoms with Crippen molar-refractivity contribution in [2.45, 2.75) is 33.2 Å². The lowest BCUT2D eigenvalue weighted by molar-refractivity contribution is -0.125. The summed E-state index contributed by atoms with van der Waals surface area (Å²) < 4.78 is 17.8. The second-order valence-electron chi connectivity index (χ2n) is 5.87. The Balaban J connectivity index is 2.85. The van der Waals surface area contributed by atoms with E-state index in [1.54, 1.807) is 12.1 Å². The zero-order valence-corrected chi connectivity index (χ0v) is 12.0. The van der Waals surface area contributed by atoms with Gasteiger partial charge in [0.1, 0.15) is 12.4 Å². The molecule has 1 N–H and O–H groups in total. The van der Waals surface area contributed by atoms with Crippen molar-refractivity contribution in [2.24, 2.45) is 5.41 Å². The maximum atomic E-state index is 13.0. The van der Waals surface area contributed by atoms with Crippen LogP contribution in [-0.4, -0.2) is 19.6 Å². The molecule has 0 radical (unpaired) electrons. The Morgan fingerprint density at radius 3 is 2.37 bits per heavy atom. The highest BCUT2D eigenvalue weighted by Crippen LogP contribution is 2.29. The molecule has 0 aromatic heterocycles. The van der Waals surface area contributed by atoms with Crippen LogP contribution in [0.15, 0.2) is 24.3 Å². The molecule has 1 rings (SSSR count). The van der Waals surface area contributed by atoms with Crippen molar-refractivity contribution < 1.29 is 13.9 Å². The Labute approximate surface area is 114 Å². The van der Waals surface area contributed by atoms with Crippen LogP contribution < -0.4 is 5.32 Å². The molecule has 0 aliphatic carbocycles. The van der Waals surface area contributed by atoms with Crippen LogP contribution in [0.5, 0.6) is 0 Å². The largest absolute Gasteiger partial charge is 0.375 e. The van der Waals surface area contributed by atoms with Gasteiger partial charge in [-0.05, 0) is 29.5 Å². The number of ether oxygens (including phenoxy) is 1. The van der Waals surface area contributed by atoms with Gasteiger partial charge in [0.25, 0.3) is 0 Å². The van der Waals surface area contributed by atoms with Gasteiger partial charge in [0.05, 0.1) is 6.04 Å². The smallest absolute Gasteiger partial charge is 0.246 e. The number of benzene rings is 1. The summed E-state index contributed by atoms with van der Waals surface area (Å²) in [4.78, 5) is 11.7. The lowest BCUT2D eigenvalue weighted by Crippen LogP contribution is -2.33. The fourth-order valence-electron chi connectivity index (χ4n) is 1.93. The summed E-state index contributed by atoms with van der Waals surface area (Å²) in [6, 6.07) is 6.10. The molecule has 0 bridgehead atoms. The van der Waals surface area contributed by atoms with Crippen LogP contribution in [0, 0.1) is 11.2 Å². The predicted molar refractivity (Wildman–Crippen MR) is 73.2 cm³/mol. The van der Waals surface area contributed by atoms with Crippen molar-refractivity contribution in [3.63, 3.8) is 0 Å². The van der Waals surface area contributed by atoms with Gasteiger partial charge in [-0.2, -0.15) is 0 Å². The van der Waals surface area contributed by atoms with E-state index in [2.05, 4.69) is 26.1 Å². The minimum absolute atomic E-state index is 0.0296. The Morgan fingerprint density at radius 2 is 1.89 bits per heavy atom. The summed E-state index contributed by atoms with van der Waals surface area (Å²) in [5, 5.41) is 2.92. The van der Waals surface area contributed by atoms with Gasteiger partial charge < -0.3 is 10.1 Å². The third-order valence-corrected chi connectivity index (χ3v) is 2.70. The highest BCUT2D eigenvalue weighted by molar-refractivity contribution is 5.77. The van der Waals surface area contributed by atoms with E-state index >= 15 is 0 Å². The van der Waals surface area contributed by atoms with Gasteiger partial charge >= 0.3 is 0 Å². The second kappa shape index (κ2) is 6.66. The topological polar surface area (TPSA) is 38.3 Å². The number of carbonyl (C=O) groups excluding carboxylic acids is 1. The van der Waals surface area contributed by atoms with E-state index < -0.39 is 0 Å². The van der Waals surface area contributed by atoms with Crippen molar-refractivity contribution >= 4 is 5.91 Å². The molecule has 19 heavy (non-hydrogen) atoms. The van der Waals surface area contributed by atoms with E-state index in [0.717, 1.165) is 12.0 Å². The second-order valence-corrected chi connectivity index (χ2v) is 5.87. The first-order valence-corrected chi connectivity index (χ1v) is 6.35. The molecule has 1 amide bonds. The molecule has 106 valence electrons. The number of methoxy groups -OCH3 is 1. The Hall–Kier alpha value is -1.42. The van der Waals surface area contributed by atoms with Crippen molar-refractivity contribution in [1.82, 2.24) is 5.32 Å². The van der Waals surface area contributed by atoms with Crippen LogP contribution in [-0.2, 0) is 9.53 Å². The van der Waals surface area contributed by atoms with Gasteiger partial charge in [-0.1, -0.05) is 32.9 Å². The lowest BCUT2D eigenvalue weighted by Gasteiger charge is -2.27. The van der Waals surface area contributed by atoms with Crippen molar-refractivity contribution in [1.29, 1.82) is 0 Å². The van der Waals surface area contributed by atoms with Crippen LogP contribution in [0.25, 0.3) is 0 Å². The maximum absolute atomic E-state index is 13.0. The average Bonchev–Trinajstić information content (AvgIpc) is 2.27. The molecule has 0 fully saturated rings. The zero-order valence-electron chi connectivity index (χ0n) is 12.0. The number of nitrogens with one attached hydrogen (secondary N) is 1. The molecule has 0 aliphatic rings. The van der Waals surface area contributed by atoms with Gasteiger partial charge in [0.2, 0.25) is 5.91 Å². The molecule has 0 spiro atoms. The van der Waals surface area contributed by atoms with Gasteiger partial charge in [0, 0.05) is 7.11 Å². The van der Waals surface area contributed by atoms with Gasteiger partial charge in [-0.25, -0.2) is 4.39 Å². The third-order valence-electron chi connectivity index (χ3n) is 2.70. The first-order chi connectivity index (χ1) is 8.81. The molecule has 0 heterocycles. The highest BCUT2D eigenvalue weighted by Gasteiger charge is 2.21. The number of rotatable bonds is 5. The first kappa shape index (κ1) is 15.6. The predicted octanol–water partition coefficient (Wildman–Crippen LogP) is 3.07. The molecule has 1 aromatic carbocycles. The van der Waals surface area contributed by atoms with Gasteiger partial charge in [0.15, 0.2) is 0 Å². The summed E-state index contributed by atoms with van der Waals surface area (Å²) in [6.45, 7) is 6.34. The number of amides is 1. The fourth-order valence-corrected chi connectivity index (χ4v) is 1.93. The number of hydrogen-bond acceptors (Lipinski definition) is 2. The molecule has 0 aliphatic heterocycles. The van der Waals surface area contributed by atoms with E-state index in [1.165, 1.54) is 19.2 Å². The summed E-state index contributed by atoms with van der Waals surface area (Å²) in [7, 11) is 1.48. The minimum atomic E-state index is -0.276. The van der Waals surface area contributed by atoms with E-state index in [4.69, 9.17) is 4.74 Å². The molecule has 0 saturated heterocycles. The Bertz CT molecular complexity index is 409. The standard InChI is InChI=1S/C15H22FNO2/c1-15(2,3)9-13(17-14(18)10-19-4)11-5-7-12(16)8-6-11/h5-8,13H,9-10H2,1-4H3,(H,17,18)/t13-/m1/s1. The van der Waals surface area contributed by atoms with Crippen LogP contribution >= 0.6 is 0 Å². The fraction of sp³-hybridized carbons (Fsp3) is 0.533. The van der Waals surface area contributed by atoms with E-state index in [9.17, 15) is 9.18 Å². The average molecular weight is 267 g/mol. The molecular formula is C15H22FNO2. The summed E-state index contributed by atoms with van der Waals surface area (Å²) in [5.41, 5.74) is 0.958. The van der Waals surface area contributed by atoms with Crippen molar-refractivity contribution in [3.05, 3.63) is 35.6 Å². The van der Waals surface area contributed by atoms with Gasteiger partial charge in [-0.15, -0.1) is 0 Å². The number of carbonyl (C=O) groups is 1. The van der Waals surface area contributed by atoms with Crippen LogP contribution in [0.3, 0.4) is 0 Å². The normalized spacial score (nSPS) is 13.1. The molecule has 1 aromatic rings. The van der Waals surface area contributed by atoms with E-state index in [0.29, 0.717) is 0 Å². The van der Waals surface area contributed by atoms with E-state index in [1.807, 2.05) is 0 Å². The Kier molecular flexibility index (Phi) is 5.48. The van der Waals surface area contributed by atoms with Crippen molar-refractivity contribution in [2.75, 3.05) is 13.7 Å². The third kappa shape index (κ3) is 5.83. The maximum Gasteiger partial charge on any atom is 0.246 e. The zero-order chi connectivity index (χ0) is 14.5. The van der Waals surface area contributed by atoms with E-state index in [-0.39, 0.29) is 29.8 Å². The molecule has 0 saturated carbocycles. The summed E-state index contributed by atoms with van der Waals surface area (Å²) in [5.74, 6) is -0.442. The highest BCUT2D eigenvalue weighted by atomic mass is 19.1. The van der Waals surface area contributed by atoms with Crippen LogP contribution in [0.2, 0.25) is 0 Å². The number of halogens is 1. The van der Waals surface area contributed by atoms with Crippen LogP contribution in [0.4, 0.5) is 4.39 Å². The molecule has 4 heteroatoms. The summed E-state index contributed by atoms with van der Waals surface area (Å²) in [6.07, 6.45) is 0.772. The molecule has 0 unspecified atom stereocenters. The summed E-state index contributed by atoms with van der Waals surface area (Å²) >= 11 is 0. The van der Waals surface area contributed by atoms with Crippen molar-refractivity contribution in [3.8, 4) is 0 Å². The quantitative estimate of drug-likeness (QED) is 0.890. The van der Waals surface area contributed by atoms with Crippen LogP contribution in [0.1, 0.15) is 38.8 Å². The monoisotopic (exact) mass is 267 g/mol. The molecule has 1 atom stereocenters. The minimum Gasteiger partial charge on any atom is -0.375 e. The molecule has 3 nitrogen and oxygen atoms in total. The first-order valence-electron chi connectivity index (χ1n) is 6.35. The SMILES string of the molecule is COCC(=O)N[C@H](CC(C)(C)C)c1ccc(F)cc1. The number of hydrogen-bond donors (Lipinski definition) is 1.